The molecule has 2 aromatic rings. The number of rotatable bonds is 7. The monoisotopic (exact) mass is 336 g/mol. The minimum Gasteiger partial charge on any atom is -0.355 e. The summed E-state index contributed by atoms with van der Waals surface area (Å²) in [6.45, 7) is 9.27. The first-order valence-corrected chi connectivity index (χ1v) is 8.90. The predicted octanol–water partition coefficient (Wildman–Crippen LogP) is 2.31. The molecule has 2 rings (SSSR count). The van der Waals surface area contributed by atoms with Gasteiger partial charge in [0.15, 0.2) is 5.16 Å². The van der Waals surface area contributed by atoms with Crippen molar-refractivity contribution in [3.05, 3.63) is 22.1 Å². The van der Waals surface area contributed by atoms with Crippen molar-refractivity contribution in [2.45, 2.75) is 45.8 Å². The highest BCUT2D eigenvalue weighted by Gasteiger charge is 2.15. The summed E-state index contributed by atoms with van der Waals surface area (Å²) in [6, 6.07) is 1.86. The van der Waals surface area contributed by atoms with Crippen molar-refractivity contribution in [1.29, 1.82) is 0 Å². The smallest absolute Gasteiger partial charge is 0.278 e. The molecule has 0 aliphatic carbocycles. The first kappa shape index (κ1) is 17.6. The van der Waals surface area contributed by atoms with E-state index in [2.05, 4.69) is 29.1 Å². The molecule has 0 atom stereocenters. The van der Waals surface area contributed by atoms with E-state index in [1.165, 1.54) is 11.8 Å². The maximum absolute atomic E-state index is 12.7. The lowest BCUT2D eigenvalue weighted by Crippen LogP contribution is -2.28. The third-order valence-corrected chi connectivity index (χ3v) is 4.27. The number of nitrogens with one attached hydrogen (secondary N) is 2. The van der Waals surface area contributed by atoms with Crippen molar-refractivity contribution in [1.82, 2.24) is 19.9 Å². The normalized spacial score (nSPS) is 11.3. The summed E-state index contributed by atoms with van der Waals surface area (Å²) in [4.78, 5) is 32.2. The van der Waals surface area contributed by atoms with Crippen molar-refractivity contribution in [2.75, 3.05) is 12.3 Å². The summed E-state index contributed by atoms with van der Waals surface area (Å²) in [5, 5.41) is 3.44. The molecule has 0 fully saturated rings. The number of thioether (sulfide) groups is 1. The molecule has 7 heteroatoms. The van der Waals surface area contributed by atoms with Gasteiger partial charge < -0.3 is 10.3 Å². The van der Waals surface area contributed by atoms with Gasteiger partial charge in [0.05, 0.1) is 11.3 Å². The third-order valence-electron chi connectivity index (χ3n) is 3.29. The average Bonchev–Trinajstić information content (AvgIpc) is 2.86. The average molecular weight is 336 g/mol. The van der Waals surface area contributed by atoms with Crippen LogP contribution in [0.25, 0.3) is 11.0 Å². The van der Waals surface area contributed by atoms with Gasteiger partial charge in [-0.15, -0.1) is 0 Å². The Labute approximate surface area is 140 Å². The molecule has 2 heterocycles. The van der Waals surface area contributed by atoms with Gasteiger partial charge in [0.2, 0.25) is 5.91 Å². The molecule has 0 aromatic carbocycles. The molecule has 0 saturated heterocycles. The van der Waals surface area contributed by atoms with Crippen molar-refractivity contribution in [3.63, 3.8) is 0 Å². The SMILES string of the molecule is CCCNC(=O)CSc1nc2cc(C)[nH]c2c(=O)n1CC(C)C. The second-order valence-electron chi connectivity index (χ2n) is 6.06. The molecule has 126 valence electrons. The van der Waals surface area contributed by atoms with Crippen LogP contribution in [0.1, 0.15) is 32.9 Å². The highest BCUT2D eigenvalue weighted by Crippen LogP contribution is 2.19. The standard InChI is InChI=1S/C16H24N4O2S/c1-5-6-17-13(21)9-23-16-19-12-7-11(4)18-14(12)15(22)20(16)8-10(2)3/h7,10,18H,5-6,8-9H2,1-4H3,(H,17,21). The van der Waals surface area contributed by atoms with Gasteiger partial charge in [-0.1, -0.05) is 32.5 Å². The maximum atomic E-state index is 12.7. The van der Waals surface area contributed by atoms with Crippen LogP contribution in [-0.2, 0) is 11.3 Å². The maximum Gasteiger partial charge on any atom is 0.278 e. The molecule has 0 radical (unpaired) electrons. The Hall–Kier alpha value is -1.76. The Balaban J connectivity index is 2.32. The first-order chi connectivity index (χ1) is 10.9. The van der Waals surface area contributed by atoms with Crippen LogP contribution in [0.3, 0.4) is 0 Å². The third kappa shape index (κ3) is 4.37. The van der Waals surface area contributed by atoms with E-state index in [9.17, 15) is 9.59 Å². The van der Waals surface area contributed by atoms with Crippen molar-refractivity contribution in [2.24, 2.45) is 5.92 Å². The number of aromatic amines is 1. The lowest BCUT2D eigenvalue weighted by atomic mass is 10.2. The van der Waals surface area contributed by atoms with Crippen LogP contribution in [-0.4, -0.2) is 32.7 Å². The highest BCUT2D eigenvalue weighted by molar-refractivity contribution is 7.99. The van der Waals surface area contributed by atoms with E-state index in [4.69, 9.17) is 0 Å². The summed E-state index contributed by atoms with van der Waals surface area (Å²) in [5.74, 6) is 0.545. The molecular formula is C16H24N4O2S. The number of carbonyl (C=O) groups excluding carboxylic acids is 1. The van der Waals surface area contributed by atoms with Gasteiger partial charge in [-0.05, 0) is 25.3 Å². The summed E-state index contributed by atoms with van der Waals surface area (Å²) in [5.41, 5.74) is 2.02. The van der Waals surface area contributed by atoms with Crippen LogP contribution in [0.2, 0.25) is 0 Å². The zero-order valence-corrected chi connectivity index (χ0v) is 14.9. The molecule has 0 aliphatic rings. The van der Waals surface area contributed by atoms with Crippen molar-refractivity contribution < 1.29 is 4.79 Å². The number of fused-ring (bicyclic) bond motifs is 1. The molecule has 1 amide bonds. The zero-order valence-electron chi connectivity index (χ0n) is 14.1. The second-order valence-corrected chi connectivity index (χ2v) is 7.00. The number of aromatic nitrogens is 3. The van der Waals surface area contributed by atoms with E-state index >= 15 is 0 Å². The predicted molar refractivity (Wildman–Crippen MR) is 94.0 cm³/mol. The van der Waals surface area contributed by atoms with Gasteiger partial charge in [-0.2, -0.15) is 0 Å². The molecule has 6 nitrogen and oxygen atoms in total. The minimum atomic E-state index is -0.0757. The van der Waals surface area contributed by atoms with Crippen LogP contribution < -0.4 is 10.9 Å². The fourth-order valence-corrected chi connectivity index (χ4v) is 3.13. The van der Waals surface area contributed by atoms with Crippen LogP contribution in [0.15, 0.2) is 16.0 Å². The zero-order chi connectivity index (χ0) is 17.0. The Bertz CT molecular complexity index is 748. The van der Waals surface area contributed by atoms with Crippen molar-refractivity contribution >= 4 is 28.7 Å². The molecule has 0 aliphatic heterocycles. The van der Waals surface area contributed by atoms with Crippen LogP contribution in [0.5, 0.6) is 0 Å². The van der Waals surface area contributed by atoms with E-state index in [0.717, 1.165) is 12.1 Å². The van der Waals surface area contributed by atoms with Gasteiger partial charge in [0, 0.05) is 18.8 Å². The van der Waals surface area contributed by atoms with E-state index in [-0.39, 0.29) is 17.2 Å². The fraction of sp³-hybridized carbons (Fsp3) is 0.562. The molecule has 0 bridgehead atoms. The molecule has 0 saturated carbocycles. The summed E-state index contributed by atoms with van der Waals surface area (Å²) < 4.78 is 1.67. The lowest BCUT2D eigenvalue weighted by Gasteiger charge is -2.13. The summed E-state index contributed by atoms with van der Waals surface area (Å²) in [7, 11) is 0. The molecule has 2 N–H and O–H groups in total. The fourth-order valence-electron chi connectivity index (χ4n) is 2.29. The molecular weight excluding hydrogens is 312 g/mol. The minimum absolute atomic E-state index is 0.0347. The van der Waals surface area contributed by atoms with Gasteiger partial charge in [-0.3, -0.25) is 14.2 Å². The van der Waals surface area contributed by atoms with E-state index in [0.29, 0.717) is 35.2 Å². The topological polar surface area (TPSA) is 79.8 Å². The molecule has 2 aromatic heterocycles. The Morgan fingerprint density at radius 1 is 1.48 bits per heavy atom. The highest BCUT2D eigenvalue weighted by atomic mass is 32.2. The van der Waals surface area contributed by atoms with Crippen LogP contribution in [0.4, 0.5) is 0 Å². The lowest BCUT2D eigenvalue weighted by molar-refractivity contribution is -0.118. The Morgan fingerprint density at radius 3 is 2.87 bits per heavy atom. The Kier molecular flexibility index (Phi) is 5.87. The number of hydrogen-bond acceptors (Lipinski definition) is 4. The van der Waals surface area contributed by atoms with Crippen LogP contribution in [0, 0.1) is 12.8 Å². The number of aryl methyl sites for hydroxylation is 1. The van der Waals surface area contributed by atoms with E-state index < -0.39 is 0 Å². The number of nitrogens with zero attached hydrogens (tertiary/aromatic N) is 2. The first-order valence-electron chi connectivity index (χ1n) is 7.92. The van der Waals surface area contributed by atoms with Gasteiger partial charge in [0.1, 0.15) is 5.52 Å². The number of hydrogen-bond donors (Lipinski definition) is 2. The number of amides is 1. The summed E-state index contributed by atoms with van der Waals surface area (Å²) >= 11 is 1.31. The summed E-state index contributed by atoms with van der Waals surface area (Å²) in [6.07, 6.45) is 0.904. The van der Waals surface area contributed by atoms with Gasteiger partial charge in [-0.25, -0.2) is 4.98 Å². The second kappa shape index (κ2) is 7.68. The number of H-pyrrole nitrogens is 1. The number of carbonyl (C=O) groups is 1. The molecule has 0 unspecified atom stereocenters. The van der Waals surface area contributed by atoms with E-state index in [1.54, 1.807) is 4.57 Å². The molecule has 23 heavy (non-hydrogen) atoms. The quantitative estimate of drug-likeness (QED) is 0.601. The largest absolute Gasteiger partial charge is 0.355 e. The van der Waals surface area contributed by atoms with Gasteiger partial charge >= 0.3 is 0 Å². The van der Waals surface area contributed by atoms with Gasteiger partial charge in [0.25, 0.3) is 5.56 Å². The van der Waals surface area contributed by atoms with Crippen LogP contribution >= 0.6 is 11.8 Å². The Morgan fingerprint density at radius 2 is 2.22 bits per heavy atom. The van der Waals surface area contributed by atoms with Crippen molar-refractivity contribution in [3.8, 4) is 0 Å². The van der Waals surface area contributed by atoms with E-state index in [1.807, 2.05) is 19.9 Å². The molecule has 0 spiro atoms.